The van der Waals surface area contributed by atoms with E-state index in [1.807, 2.05) is 30.0 Å². The van der Waals surface area contributed by atoms with Gasteiger partial charge in [-0.3, -0.25) is 4.79 Å². The maximum absolute atomic E-state index is 12.0. The Balaban J connectivity index is 1.63. The number of nitrogens with one attached hydrogen (secondary N) is 2. The number of guanidine groups is 1. The summed E-state index contributed by atoms with van der Waals surface area (Å²) < 4.78 is 6.12. The van der Waals surface area contributed by atoms with Crippen molar-refractivity contribution in [1.29, 1.82) is 0 Å². The number of aliphatic imine (C=N–C) groups is 1. The van der Waals surface area contributed by atoms with Gasteiger partial charge in [0.2, 0.25) is 5.91 Å². The molecule has 0 radical (unpaired) electrons. The molecule has 2 unspecified atom stereocenters. The third-order valence-corrected chi connectivity index (χ3v) is 6.29. The summed E-state index contributed by atoms with van der Waals surface area (Å²) in [4.78, 5) is 18.3. The Labute approximate surface area is 166 Å². The van der Waals surface area contributed by atoms with Gasteiger partial charge in [0, 0.05) is 32.5 Å². The van der Waals surface area contributed by atoms with Gasteiger partial charge < -0.3 is 20.3 Å². The SMILES string of the molecule is CN(C)C(=O)CNC(=NCc1ccccc1)NC1CCOC2(CCSC2)C1. The lowest BCUT2D eigenvalue weighted by atomic mass is 9.90. The van der Waals surface area contributed by atoms with Crippen LogP contribution in [0.25, 0.3) is 0 Å². The molecule has 1 amide bonds. The third kappa shape index (κ3) is 5.87. The highest BCUT2D eigenvalue weighted by atomic mass is 32.2. The number of likely N-dealkylation sites (N-methyl/N-ethyl adjacent to an activating group) is 1. The van der Waals surface area contributed by atoms with Crippen LogP contribution in [0.4, 0.5) is 0 Å². The summed E-state index contributed by atoms with van der Waals surface area (Å²) in [6.07, 6.45) is 3.08. The Morgan fingerprint density at radius 3 is 2.89 bits per heavy atom. The molecule has 2 atom stereocenters. The van der Waals surface area contributed by atoms with Crippen molar-refractivity contribution in [1.82, 2.24) is 15.5 Å². The van der Waals surface area contributed by atoms with Gasteiger partial charge in [-0.2, -0.15) is 11.8 Å². The number of ether oxygens (including phenoxy) is 1. The van der Waals surface area contributed by atoms with Gasteiger partial charge in [-0.05, 0) is 30.6 Å². The Morgan fingerprint density at radius 2 is 2.19 bits per heavy atom. The summed E-state index contributed by atoms with van der Waals surface area (Å²) in [5, 5.41) is 6.75. The van der Waals surface area contributed by atoms with E-state index < -0.39 is 0 Å². The van der Waals surface area contributed by atoms with Crippen molar-refractivity contribution in [3.8, 4) is 0 Å². The lowest BCUT2D eigenvalue weighted by Crippen LogP contribution is -2.52. The molecular weight excluding hydrogens is 360 g/mol. The number of thioether (sulfide) groups is 1. The van der Waals surface area contributed by atoms with E-state index in [2.05, 4.69) is 22.8 Å². The number of nitrogens with zero attached hydrogens (tertiary/aromatic N) is 2. The third-order valence-electron chi connectivity index (χ3n) is 5.07. The number of carbonyl (C=O) groups is 1. The normalized spacial score (nSPS) is 25.4. The van der Waals surface area contributed by atoms with Crippen molar-refractivity contribution in [2.45, 2.75) is 37.5 Å². The average Bonchev–Trinajstić information content (AvgIpc) is 3.11. The zero-order chi connectivity index (χ0) is 19.1. The Kier molecular flexibility index (Phi) is 7.01. The van der Waals surface area contributed by atoms with E-state index in [1.54, 1.807) is 19.0 Å². The van der Waals surface area contributed by atoms with Gasteiger partial charge in [0.1, 0.15) is 0 Å². The smallest absolute Gasteiger partial charge is 0.241 e. The summed E-state index contributed by atoms with van der Waals surface area (Å²) in [5.74, 6) is 2.98. The van der Waals surface area contributed by atoms with Crippen molar-refractivity contribution < 1.29 is 9.53 Å². The Morgan fingerprint density at radius 1 is 1.37 bits per heavy atom. The van der Waals surface area contributed by atoms with Gasteiger partial charge in [-0.25, -0.2) is 4.99 Å². The number of carbonyl (C=O) groups excluding carboxylic acids is 1. The van der Waals surface area contributed by atoms with Gasteiger partial charge in [-0.15, -0.1) is 0 Å². The van der Waals surface area contributed by atoms with Crippen molar-refractivity contribution in [2.75, 3.05) is 38.8 Å². The highest BCUT2D eigenvalue weighted by molar-refractivity contribution is 7.99. The predicted octanol–water partition coefficient (Wildman–Crippen LogP) is 1.86. The second-order valence-corrected chi connectivity index (χ2v) is 8.57. The van der Waals surface area contributed by atoms with Crippen molar-refractivity contribution >= 4 is 23.6 Å². The average molecular weight is 391 g/mol. The molecule has 3 rings (SSSR count). The van der Waals surface area contributed by atoms with Crippen LogP contribution in [0, 0.1) is 0 Å². The van der Waals surface area contributed by atoms with Crippen LogP contribution in [0.15, 0.2) is 35.3 Å². The predicted molar refractivity (Wildman–Crippen MR) is 111 cm³/mol. The molecule has 1 spiro atoms. The van der Waals surface area contributed by atoms with Crippen LogP contribution in [0.2, 0.25) is 0 Å². The van der Waals surface area contributed by atoms with E-state index in [0.29, 0.717) is 18.5 Å². The van der Waals surface area contributed by atoms with Crippen LogP contribution in [0.3, 0.4) is 0 Å². The van der Waals surface area contributed by atoms with Gasteiger partial charge in [0.05, 0.1) is 18.7 Å². The second kappa shape index (κ2) is 9.46. The monoisotopic (exact) mass is 390 g/mol. The van der Waals surface area contributed by atoms with Crippen molar-refractivity contribution in [2.24, 2.45) is 4.99 Å². The first-order valence-corrected chi connectivity index (χ1v) is 10.7. The van der Waals surface area contributed by atoms with Gasteiger partial charge in [-0.1, -0.05) is 30.3 Å². The van der Waals surface area contributed by atoms with E-state index in [-0.39, 0.29) is 18.1 Å². The molecule has 2 N–H and O–H groups in total. The zero-order valence-electron chi connectivity index (χ0n) is 16.2. The molecule has 6 nitrogen and oxygen atoms in total. The maximum Gasteiger partial charge on any atom is 0.241 e. The highest BCUT2D eigenvalue weighted by Gasteiger charge is 2.40. The fourth-order valence-electron chi connectivity index (χ4n) is 3.43. The van der Waals surface area contributed by atoms with E-state index in [0.717, 1.165) is 37.2 Å². The van der Waals surface area contributed by atoms with Crippen LogP contribution in [-0.4, -0.2) is 67.2 Å². The number of rotatable bonds is 5. The minimum Gasteiger partial charge on any atom is -0.374 e. The molecule has 7 heteroatoms. The molecule has 2 saturated heterocycles. The number of hydrogen-bond donors (Lipinski definition) is 2. The summed E-state index contributed by atoms with van der Waals surface area (Å²) in [5.41, 5.74) is 1.16. The van der Waals surface area contributed by atoms with Crippen LogP contribution >= 0.6 is 11.8 Å². The topological polar surface area (TPSA) is 66.0 Å². The van der Waals surface area contributed by atoms with E-state index in [1.165, 1.54) is 5.75 Å². The lowest BCUT2D eigenvalue weighted by molar-refractivity contribution is -0.127. The molecular formula is C20H30N4O2S. The summed E-state index contributed by atoms with van der Waals surface area (Å²) in [7, 11) is 3.52. The van der Waals surface area contributed by atoms with Crippen LogP contribution < -0.4 is 10.6 Å². The molecule has 148 valence electrons. The molecule has 27 heavy (non-hydrogen) atoms. The molecule has 0 bridgehead atoms. The first kappa shape index (κ1) is 20.0. The van der Waals surface area contributed by atoms with E-state index in [9.17, 15) is 4.79 Å². The summed E-state index contributed by atoms with van der Waals surface area (Å²) >= 11 is 1.98. The lowest BCUT2D eigenvalue weighted by Gasteiger charge is -2.38. The molecule has 2 aliphatic rings. The van der Waals surface area contributed by atoms with Crippen LogP contribution in [0.1, 0.15) is 24.8 Å². The first-order valence-electron chi connectivity index (χ1n) is 9.57. The summed E-state index contributed by atoms with van der Waals surface area (Å²) in [6, 6.07) is 10.5. The van der Waals surface area contributed by atoms with Crippen LogP contribution in [-0.2, 0) is 16.1 Å². The van der Waals surface area contributed by atoms with Gasteiger partial charge >= 0.3 is 0 Å². The fourth-order valence-corrected chi connectivity index (χ4v) is 4.81. The van der Waals surface area contributed by atoms with Crippen molar-refractivity contribution in [3.05, 3.63) is 35.9 Å². The quantitative estimate of drug-likeness (QED) is 0.594. The second-order valence-electron chi connectivity index (χ2n) is 7.46. The minimum absolute atomic E-state index is 0.0184. The molecule has 0 aliphatic carbocycles. The van der Waals surface area contributed by atoms with Gasteiger partial charge in [0.15, 0.2) is 5.96 Å². The number of amides is 1. The number of benzene rings is 1. The molecule has 1 aromatic carbocycles. The fraction of sp³-hybridized carbons (Fsp3) is 0.600. The highest BCUT2D eigenvalue weighted by Crippen LogP contribution is 2.38. The van der Waals surface area contributed by atoms with Crippen molar-refractivity contribution in [3.63, 3.8) is 0 Å². The van der Waals surface area contributed by atoms with Gasteiger partial charge in [0.25, 0.3) is 0 Å². The molecule has 2 aliphatic heterocycles. The minimum atomic E-state index is 0.0184. The van der Waals surface area contributed by atoms with Crippen LogP contribution in [0.5, 0.6) is 0 Å². The number of hydrogen-bond acceptors (Lipinski definition) is 4. The molecule has 2 fully saturated rings. The summed E-state index contributed by atoms with van der Waals surface area (Å²) in [6.45, 7) is 1.59. The van der Waals surface area contributed by atoms with E-state index in [4.69, 9.17) is 9.73 Å². The molecule has 2 heterocycles. The molecule has 1 aromatic rings. The van der Waals surface area contributed by atoms with E-state index >= 15 is 0 Å². The molecule has 0 saturated carbocycles. The standard InChI is InChI=1S/C20H30N4O2S/c1-24(2)18(25)14-22-19(21-13-16-6-4-3-5-7-16)23-17-8-10-26-20(12-17)9-11-27-15-20/h3-7,17H,8-15H2,1-2H3,(H2,21,22,23). The molecule has 0 aromatic heterocycles. The zero-order valence-corrected chi connectivity index (χ0v) is 17.1. The first-order chi connectivity index (χ1) is 13.1. The largest absolute Gasteiger partial charge is 0.374 e. The Hall–Kier alpha value is -1.73. The maximum atomic E-state index is 12.0. The Bertz CT molecular complexity index is 645.